The van der Waals surface area contributed by atoms with E-state index in [2.05, 4.69) is 15.7 Å². The van der Waals surface area contributed by atoms with Crippen molar-refractivity contribution in [3.63, 3.8) is 0 Å². The van der Waals surface area contributed by atoms with Crippen molar-refractivity contribution >= 4 is 17.9 Å². The molecule has 7 nitrogen and oxygen atoms in total. The summed E-state index contributed by atoms with van der Waals surface area (Å²) >= 11 is 0. The number of hydrogen-bond acceptors (Lipinski definition) is 4. The Labute approximate surface area is 76.6 Å². The standard InChI is InChI=1S/C6H5FN4O3/c7-4(5(8)12)1-3-2-9-6(10-3)11(13)14/h1-2H,(H2,8,12)(H,9,10). The number of halogens is 1. The number of amides is 1. The Hall–Kier alpha value is -2.25. The van der Waals surface area contributed by atoms with Crippen LogP contribution in [0.15, 0.2) is 12.0 Å². The van der Waals surface area contributed by atoms with Crippen molar-refractivity contribution < 1.29 is 14.1 Å². The Kier molecular flexibility index (Phi) is 2.56. The van der Waals surface area contributed by atoms with Gasteiger partial charge in [-0.25, -0.2) is 9.37 Å². The lowest BCUT2D eigenvalue weighted by Gasteiger charge is -1.87. The number of primary amides is 1. The first kappa shape index (κ1) is 9.84. The Morgan fingerprint density at radius 3 is 2.86 bits per heavy atom. The zero-order valence-electron chi connectivity index (χ0n) is 6.73. The van der Waals surface area contributed by atoms with Crippen LogP contribution in [0.3, 0.4) is 0 Å². The second-order valence-electron chi connectivity index (χ2n) is 2.28. The molecule has 74 valence electrons. The summed E-state index contributed by atoms with van der Waals surface area (Å²) in [7, 11) is 0. The van der Waals surface area contributed by atoms with E-state index in [1.54, 1.807) is 0 Å². The second kappa shape index (κ2) is 3.64. The van der Waals surface area contributed by atoms with E-state index in [-0.39, 0.29) is 5.69 Å². The predicted octanol–water partition coefficient (Wildman–Crippen LogP) is 0.114. The summed E-state index contributed by atoms with van der Waals surface area (Å²) in [6.07, 6.45) is 1.74. The van der Waals surface area contributed by atoms with Crippen LogP contribution in [-0.2, 0) is 4.79 Å². The third-order valence-corrected chi connectivity index (χ3v) is 1.27. The normalized spacial score (nSPS) is 11.4. The average molecular weight is 200 g/mol. The van der Waals surface area contributed by atoms with Gasteiger partial charge in [0.25, 0.3) is 5.91 Å². The van der Waals surface area contributed by atoms with Gasteiger partial charge < -0.3 is 15.8 Å². The number of nitrogens with zero attached hydrogens (tertiary/aromatic N) is 2. The maximum Gasteiger partial charge on any atom is 0.432 e. The molecule has 1 heterocycles. The molecule has 0 fully saturated rings. The van der Waals surface area contributed by atoms with Gasteiger partial charge in [0.1, 0.15) is 11.9 Å². The molecule has 3 N–H and O–H groups in total. The first-order chi connectivity index (χ1) is 6.50. The van der Waals surface area contributed by atoms with Gasteiger partial charge in [-0.3, -0.25) is 4.79 Å². The highest BCUT2D eigenvalue weighted by atomic mass is 19.1. The molecular formula is C6H5FN4O3. The van der Waals surface area contributed by atoms with Crippen molar-refractivity contribution in [2.75, 3.05) is 0 Å². The molecular weight excluding hydrogens is 195 g/mol. The number of aromatic nitrogens is 2. The molecule has 0 spiro atoms. The number of carbonyl (C=O) groups is 1. The summed E-state index contributed by atoms with van der Waals surface area (Å²) < 4.78 is 12.6. The summed E-state index contributed by atoms with van der Waals surface area (Å²) in [5, 5.41) is 10.1. The molecule has 1 aromatic rings. The third kappa shape index (κ3) is 2.12. The first-order valence-electron chi connectivity index (χ1n) is 3.37. The number of nitro groups is 1. The van der Waals surface area contributed by atoms with Crippen molar-refractivity contribution in [1.29, 1.82) is 0 Å². The predicted molar refractivity (Wildman–Crippen MR) is 43.5 cm³/mol. The first-order valence-corrected chi connectivity index (χ1v) is 3.37. The van der Waals surface area contributed by atoms with Crippen LogP contribution < -0.4 is 5.73 Å². The number of rotatable bonds is 3. The highest BCUT2D eigenvalue weighted by Crippen LogP contribution is 2.09. The molecule has 0 unspecified atom stereocenters. The molecule has 1 rings (SSSR count). The van der Waals surface area contributed by atoms with E-state index in [1.807, 2.05) is 0 Å². The summed E-state index contributed by atoms with van der Waals surface area (Å²) in [6, 6.07) is 0. The monoisotopic (exact) mass is 200 g/mol. The molecule has 0 saturated carbocycles. The fourth-order valence-electron chi connectivity index (χ4n) is 0.698. The largest absolute Gasteiger partial charge is 0.432 e. The number of H-pyrrole nitrogens is 1. The Morgan fingerprint density at radius 2 is 2.43 bits per heavy atom. The molecule has 0 aliphatic carbocycles. The minimum absolute atomic E-state index is 0.00648. The van der Waals surface area contributed by atoms with E-state index < -0.39 is 22.6 Å². The number of carbonyl (C=O) groups excluding carboxylic acids is 1. The number of aromatic amines is 1. The van der Waals surface area contributed by atoms with Crippen LogP contribution in [0.4, 0.5) is 10.3 Å². The molecule has 8 heteroatoms. The summed E-state index contributed by atoms with van der Waals surface area (Å²) in [5.41, 5.74) is 4.59. The second-order valence-corrected chi connectivity index (χ2v) is 2.28. The van der Waals surface area contributed by atoms with Gasteiger partial charge >= 0.3 is 5.95 Å². The van der Waals surface area contributed by atoms with Crippen molar-refractivity contribution in [2.24, 2.45) is 5.73 Å². The molecule has 14 heavy (non-hydrogen) atoms. The fourth-order valence-corrected chi connectivity index (χ4v) is 0.698. The molecule has 0 bridgehead atoms. The maximum atomic E-state index is 12.6. The van der Waals surface area contributed by atoms with E-state index >= 15 is 0 Å². The minimum Gasteiger partial charge on any atom is -0.390 e. The molecule has 0 radical (unpaired) electrons. The SMILES string of the molecule is NC(=O)C(F)=Cc1cnc([N+](=O)[O-])[nH]1. The van der Waals surface area contributed by atoms with Gasteiger partial charge in [0.15, 0.2) is 5.83 Å². The fraction of sp³-hybridized carbons (Fsp3) is 0. The number of nitrogens with two attached hydrogens (primary N) is 1. The lowest BCUT2D eigenvalue weighted by molar-refractivity contribution is -0.393. The molecule has 0 aliphatic heterocycles. The highest BCUT2D eigenvalue weighted by molar-refractivity contribution is 5.93. The lowest BCUT2D eigenvalue weighted by Crippen LogP contribution is -2.10. The molecule has 0 aromatic carbocycles. The van der Waals surface area contributed by atoms with Gasteiger partial charge in [0.05, 0.1) is 0 Å². The third-order valence-electron chi connectivity index (χ3n) is 1.27. The molecule has 1 aromatic heterocycles. The number of nitrogens with one attached hydrogen (secondary N) is 1. The van der Waals surface area contributed by atoms with Gasteiger partial charge in [0.2, 0.25) is 0 Å². The summed E-state index contributed by atoms with van der Waals surface area (Å²) in [5.74, 6) is -2.99. The van der Waals surface area contributed by atoms with Gasteiger partial charge in [-0.05, 0) is 4.92 Å². The zero-order chi connectivity index (χ0) is 10.7. The minimum atomic E-state index is -1.25. The summed E-state index contributed by atoms with van der Waals surface area (Å²) in [6.45, 7) is 0. The average Bonchev–Trinajstić information content (AvgIpc) is 2.52. The zero-order valence-corrected chi connectivity index (χ0v) is 6.73. The van der Waals surface area contributed by atoms with Gasteiger partial charge in [-0.1, -0.05) is 4.98 Å². The molecule has 0 saturated heterocycles. The van der Waals surface area contributed by atoms with Crippen molar-refractivity contribution in [1.82, 2.24) is 9.97 Å². The van der Waals surface area contributed by atoms with Crippen LogP contribution in [0.1, 0.15) is 5.69 Å². The van der Waals surface area contributed by atoms with Crippen LogP contribution in [0, 0.1) is 10.1 Å². The Bertz CT molecular complexity index is 411. The quantitative estimate of drug-likeness (QED) is 0.409. The van der Waals surface area contributed by atoms with E-state index in [0.717, 1.165) is 12.3 Å². The smallest absolute Gasteiger partial charge is 0.390 e. The van der Waals surface area contributed by atoms with E-state index in [0.29, 0.717) is 0 Å². The molecule has 0 aliphatic rings. The van der Waals surface area contributed by atoms with Crippen LogP contribution >= 0.6 is 0 Å². The van der Waals surface area contributed by atoms with Crippen LogP contribution in [0.2, 0.25) is 0 Å². The van der Waals surface area contributed by atoms with E-state index in [1.165, 1.54) is 0 Å². The number of imidazole rings is 1. The molecule has 0 atom stereocenters. The highest BCUT2D eigenvalue weighted by Gasteiger charge is 2.11. The van der Waals surface area contributed by atoms with Crippen LogP contribution in [0.5, 0.6) is 0 Å². The topological polar surface area (TPSA) is 115 Å². The van der Waals surface area contributed by atoms with Crippen molar-refractivity contribution in [3.05, 3.63) is 27.8 Å². The number of hydrogen-bond donors (Lipinski definition) is 2. The Balaban J connectivity index is 2.93. The van der Waals surface area contributed by atoms with Crippen LogP contribution in [-0.4, -0.2) is 20.8 Å². The van der Waals surface area contributed by atoms with Gasteiger partial charge in [-0.2, -0.15) is 0 Å². The van der Waals surface area contributed by atoms with Crippen molar-refractivity contribution in [3.8, 4) is 0 Å². The van der Waals surface area contributed by atoms with E-state index in [9.17, 15) is 19.3 Å². The molecule has 1 amide bonds. The maximum absolute atomic E-state index is 12.6. The summed E-state index contributed by atoms with van der Waals surface area (Å²) in [4.78, 5) is 25.1. The Morgan fingerprint density at radius 1 is 1.79 bits per heavy atom. The van der Waals surface area contributed by atoms with Crippen LogP contribution in [0.25, 0.3) is 6.08 Å². The van der Waals surface area contributed by atoms with Gasteiger partial charge in [-0.15, -0.1) is 0 Å². The van der Waals surface area contributed by atoms with Crippen molar-refractivity contribution in [2.45, 2.75) is 0 Å². The van der Waals surface area contributed by atoms with Gasteiger partial charge in [0, 0.05) is 6.08 Å². The lowest BCUT2D eigenvalue weighted by atomic mass is 10.4. The van der Waals surface area contributed by atoms with E-state index in [4.69, 9.17) is 0 Å².